The summed E-state index contributed by atoms with van der Waals surface area (Å²) in [5, 5.41) is 13.5. The van der Waals surface area contributed by atoms with Crippen molar-refractivity contribution in [1.82, 2.24) is 0 Å². The molecule has 0 saturated carbocycles. The number of hydrogen-bond acceptors (Lipinski definition) is 5. The molecule has 0 heterocycles. The number of nitro groups is 1. The zero-order valence-electron chi connectivity index (χ0n) is 13.4. The van der Waals surface area contributed by atoms with E-state index in [-0.39, 0.29) is 23.7 Å². The fraction of sp³-hybridized carbons (Fsp3) is 0.235. The van der Waals surface area contributed by atoms with Crippen molar-refractivity contribution in [3.63, 3.8) is 0 Å². The van der Waals surface area contributed by atoms with Crippen molar-refractivity contribution >= 4 is 17.3 Å². The van der Waals surface area contributed by atoms with Crippen molar-refractivity contribution in [1.29, 1.82) is 0 Å². The van der Waals surface area contributed by atoms with E-state index in [9.17, 15) is 14.9 Å². The van der Waals surface area contributed by atoms with Crippen LogP contribution < -0.4 is 14.8 Å². The Morgan fingerprint density at radius 1 is 1.21 bits per heavy atom. The van der Waals surface area contributed by atoms with Crippen molar-refractivity contribution < 1.29 is 19.2 Å². The number of ether oxygens (including phenoxy) is 2. The number of anilines is 1. The molecule has 0 saturated heterocycles. The lowest BCUT2D eigenvalue weighted by Gasteiger charge is -2.10. The third-order valence-electron chi connectivity index (χ3n) is 3.27. The number of amides is 1. The molecule has 0 radical (unpaired) electrons. The van der Waals surface area contributed by atoms with Crippen LogP contribution in [0.3, 0.4) is 0 Å². The van der Waals surface area contributed by atoms with Gasteiger partial charge in [0.2, 0.25) is 5.91 Å². The van der Waals surface area contributed by atoms with E-state index in [1.54, 1.807) is 24.3 Å². The summed E-state index contributed by atoms with van der Waals surface area (Å²) >= 11 is 0. The average molecular weight is 330 g/mol. The molecule has 0 unspecified atom stereocenters. The summed E-state index contributed by atoms with van der Waals surface area (Å²) < 4.78 is 10.5. The summed E-state index contributed by atoms with van der Waals surface area (Å²) in [6.07, 6.45) is 0.137. The van der Waals surface area contributed by atoms with Gasteiger partial charge in [0.05, 0.1) is 30.7 Å². The highest BCUT2D eigenvalue weighted by molar-refractivity contribution is 5.94. The summed E-state index contributed by atoms with van der Waals surface area (Å²) in [6.45, 7) is 2.47. The Balaban J connectivity index is 2.08. The summed E-state index contributed by atoms with van der Waals surface area (Å²) in [6, 6.07) is 11.2. The number of non-ortho nitro benzene ring substituents is 1. The van der Waals surface area contributed by atoms with Crippen LogP contribution in [0.1, 0.15) is 12.5 Å². The second kappa shape index (κ2) is 7.96. The van der Waals surface area contributed by atoms with Gasteiger partial charge in [0.15, 0.2) is 0 Å². The maximum Gasteiger partial charge on any atom is 0.271 e. The third-order valence-corrected chi connectivity index (χ3v) is 3.27. The summed E-state index contributed by atoms with van der Waals surface area (Å²) in [4.78, 5) is 22.5. The molecule has 2 aromatic rings. The molecule has 0 aromatic heterocycles. The number of nitrogens with zero attached hydrogens (tertiary/aromatic N) is 1. The SMILES string of the molecule is CCOc1ccc(CC(=O)Nc2cc([N+](=O)[O-])ccc2OC)cc1. The monoisotopic (exact) mass is 330 g/mol. The maximum absolute atomic E-state index is 12.2. The molecule has 0 aliphatic heterocycles. The molecular formula is C17H18N2O5. The van der Waals surface area contributed by atoms with Gasteiger partial charge in [-0.05, 0) is 30.7 Å². The first kappa shape index (κ1) is 17.3. The predicted octanol–water partition coefficient (Wildman–Crippen LogP) is 3.18. The van der Waals surface area contributed by atoms with Crippen molar-refractivity contribution in [2.24, 2.45) is 0 Å². The molecule has 0 spiro atoms. The highest BCUT2D eigenvalue weighted by atomic mass is 16.6. The minimum absolute atomic E-state index is 0.118. The fourth-order valence-corrected chi connectivity index (χ4v) is 2.16. The van der Waals surface area contributed by atoms with Crippen LogP contribution in [0, 0.1) is 10.1 Å². The van der Waals surface area contributed by atoms with Crippen LogP contribution >= 0.6 is 0 Å². The number of nitrogens with one attached hydrogen (secondary N) is 1. The Labute approximate surface area is 139 Å². The quantitative estimate of drug-likeness (QED) is 0.622. The number of nitro benzene ring substituents is 1. The van der Waals surface area contributed by atoms with E-state index < -0.39 is 4.92 Å². The van der Waals surface area contributed by atoms with Gasteiger partial charge in [-0.15, -0.1) is 0 Å². The van der Waals surface area contributed by atoms with Crippen molar-refractivity contribution in [2.45, 2.75) is 13.3 Å². The molecule has 0 aliphatic rings. The van der Waals surface area contributed by atoms with Gasteiger partial charge in [-0.25, -0.2) is 0 Å². The Morgan fingerprint density at radius 3 is 2.50 bits per heavy atom. The van der Waals surface area contributed by atoms with E-state index in [1.807, 2.05) is 6.92 Å². The van der Waals surface area contributed by atoms with E-state index in [0.717, 1.165) is 11.3 Å². The Morgan fingerprint density at radius 2 is 1.92 bits per heavy atom. The van der Waals surface area contributed by atoms with Crippen LogP contribution in [0.25, 0.3) is 0 Å². The molecule has 0 aliphatic carbocycles. The van der Waals surface area contributed by atoms with Gasteiger partial charge in [-0.1, -0.05) is 12.1 Å². The maximum atomic E-state index is 12.2. The largest absolute Gasteiger partial charge is 0.495 e. The first-order chi connectivity index (χ1) is 11.5. The Kier molecular flexibility index (Phi) is 5.73. The number of rotatable bonds is 7. The number of carbonyl (C=O) groups excluding carboxylic acids is 1. The van der Waals surface area contributed by atoms with Crippen molar-refractivity contribution in [2.75, 3.05) is 19.0 Å². The van der Waals surface area contributed by atoms with E-state index in [1.165, 1.54) is 25.3 Å². The topological polar surface area (TPSA) is 90.7 Å². The first-order valence-corrected chi connectivity index (χ1v) is 7.37. The van der Waals surface area contributed by atoms with Crippen molar-refractivity contribution in [3.05, 3.63) is 58.1 Å². The minimum atomic E-state index is -0.526. The van der Waals surface area contributed by atoms with Gasteiger partial charge < -0.3 is 14.8 Å². The molecule has 24 heavy (non-hydrogen) atoms. The van der Waals surface area contributed by atoms with Gasteiger partial charge in [-0.2, -0.15) is 0 Å². The molecule has 126 valence electrons. The van der Waals surface area contributed by atoms with Gasteiger partial charge in [0.25, 0.3) is 5.69 Å². The Bertz CT molecular complexity index is 728. The molecule has 7 nitrogen and oxygen atoms in total. The van der Waals surface area contributed by atoms with Gasteiger partial charge >= 0.3 is 0 Å². The second-order valence-corrected chi connectivity index (χ2v) is 4.94. The average Bonchev–Trinajstić information content (AvgIpc) is 2.56. The fourth-order valence-electron chi connectivity index (χ4n) is 2.16. The Hall–Kier alpha value is -3.09. The summed E-state index contributed by atoms with van der Waals surface area (Å²) in [5.74, 6) is 0.806. The number of benzene rings is 2. The molecule has 1 N–H and O–H groups in total. The van der Waals surface area contributed by atoms with E-state index in [4.69, 9.17) is 9.47 Å². The van der Waals surface area contributed by atoms with Crippen LogP contribution in [-0.2, 0) is 11.2 Å². The lowest BCUT2D eigenvalue weighted by molar-refractivity contribution is -0.384. The number of carbonyl (C=O) groups is 1. The summed E-state index contributed by atoms with van der Waals surface area (Å²) in [5.41, 5.74) is 0.954. The van der Waals surface area contributed by atoms with Gasteiger partial charge in [0.1, 0.15) is 11.5 Å². The van der Waals surface area contributed by atoms with Crippen LogP contribution in [0.2, 0.25) is 0 Å². The smallest absolute Gasteiger partial charge is 0.271 e. The highest BCUT2D eigenvalue weighted by Gasteiger charge is 2.14. The zero-order valence-corrected chi connectivity index (χ0v) is 13.4. The normalized spacial score (nSPS) is 10.1. The zero-order chi connectivity index (χ0) is 17.5. The predicted molar refractivity (Wildman–Crippen MR) is 89.6 cm³/mol. The van der Waals surface area contributed by atoms with E-state index >= 15 is 0 Å². The lowest BCUT2D eigenvalue weighted by atomic mass is 10.1. The molecule has 0 bridgehead atoms. The van der Waals surface area contributed by atoms with Crippen LogP contribution in [0.5, 0.6) is 11.5 Å². The number of hydrogen-bond donors (Lipinski definition) is 1. The van der Waals surface area contributed by atoms with Gasteiger partial charge in [-0.3, -0.25) is 14.9 Å². The first-order valence-electron chi connectivity index (χ1n) is 7.37. The van der Waals surface area contributed by atoms with Crippen molar-refractivity contribution in [3.8, 4) is 11.5 Å². The molecule has 7 heteroatoms. The van der Waals surface area contributed by atoms with Crippen LogP contribution in [0.4, 0.5) is 11.4 Å². The molecule has 2 rings (SSSR count). The molecular weight excluding hydrogens is 312 g/mol. The highest BCUT2D eigenvalue weighted by Crippen LogP contribution is 2.29. The third kappa shape index (κ3) is 4.45. The molecule has 2 aromatic carbocycles. The van der Waals surface area contributed by atoms with Gasteiger partial charge in [0, 0.05) is 12.1 Å². The summed E-state index contributed by atoms with van der Waals surface area (Å²) in [7, 11) is 1.43. The van der Waals surface area contributed by atoms with Crippen LogP contribution in [-0.4, -0.2) is 24.5 Å². The molecule has 1 amide bonds. The molecule has 0 fully saturated rings. The lowest BCUT2D eigenvalue weighted by Crippen LogP contribution is -2.15. The minimum Gasteiger partial charge on any atom is -0.495 e. The standard InChI is InChI=1S/C17H18N2O5/c1-3-24-14-7-4-12(5-8-14)10-17(20)18-15-11-13(19(21)22)6-9-16(15)23-2/h4-9,11H,3,10H2,1-2H3,(H,18,20). The second-order valence-electron chi connectivity index (χ2n) is 4.94. The number of methoxy groups -OCH3 is 1. The van der Waals surface area contributed by atoms with E-state index in [0.29, 0.717) is 12.4 Å². The van der Waals surface area contributed by atoms with E-state index in [2.05, 4.69) is 5.32 Å². The molecule has 0 atom stereocenters. The van der Waals surface area contributed by atoms with Crippen LogP contribution in [0.15, 0.2) is 42.5 Å².